The summed E-state index contributed by atoms with van der Waals surface area (Å²) in [6, 6.07) is 4.04. The number of thiophene rings is 1. The third kappa shape index (κ3) is 3.11. The van der Waals surface area contributed by atoms with Crippen LogP contribution in [0, 0.1) is 0 Å². The topological polar surface area (TPSA) is 72.9 Å². The number of hydrogen-bond donors (Lipinski definition) is 2. The highest BCUT2D eigenvalue weighted by Crippen LogP contribution is 2.22. The number of nitrogens with two attached hydrogens (primary N) is 1. The highest BCUT2D eigenvalue weighted by atomic mass is 79.9. The van der Waals surface area contributed by atoms with Crippen molar-refractivity contribution in [3.63, 3.8) is 0 Å². The Balaban J connectivity index is 1.87. The maximum absolute atomic E-state index is 11.8. The Morgan fingerprint density at radius 2 is 2.39 bits per heavy atom. The number of anilines is 1. The maximum Gasteiger partial charge on any atom is 0.273 e. The zero-order valence-electron chi connectivity index (χ0n) is 9.81. The monoisotopic (exact) mass is 328 g/mol. The highest BCUT2D eigenvalue weighted by Gasteiger charge is 2.13. The molecule has 3 N–H and O–H groups in total. The zero-order valence-corrected chi connectivity index (χ0v) is 12.2. The van der Waals surface area contributed by atoms with E-state index in [9.17, 15) is 4.79 Å². The van der Waals surface area contributed by atoms with Gasteiger partial charge in [0.2, 0.25) is 0 Å². The number of halogens is 1. The van der Waals surface area contributed by atoms with Crippen LogP contribution in [0.25, 0.3) is 0 Å². The molecule has 2 aromatic rings. The van der Waals surface area contributed by atoms with Gasteiger partial charge in [0.1, 0.15) is 0 Å². The molecule has 0 bridgehead atoms. The van der Waals surface area contributed by atoms with Crippen molar-refractivity contribution in [2.75, 3.05) is 12.3 Å². The van der Waals surface area contributed by atoms with Gasteiger partial charge in [-0.25, -0.2) is 0 Å². The lowest BCUT2D eigenvalue weighted by Gasteiger charge is -2.02. The average molecular weight is 329 g/mol. The molecule has 0 aliphatic carbocycles. The van der Waals surface area contributed by atoms with Crippen LogP contribution in [0.5, 0.6) is 0 Å². The van der Waals surface area contributed by atoms with E-state index in [4.69, 9.17) is 5.73 Å². The first-order chi connectivity index (χ1) is 8.56. The van der Waals surface area contributed by atoms with Crippen LogP contribution in [0.1, 0.15) is 15.4 Å². The van der Waals surface area contributed by atoms with Crippen molar-refractivity contribution in [2.24, 2.45) is 7.05 Å². The van der Waals surface area contributed by atoms with Crippen LogP contribution in [-0.2, 0) is 13.5 Å². The molecular weight excluding hydrogens is 316 g/mol. The molecule has 0 saturated carbocycles. The lowest BCUT2D eigenvalue weighted by molar-refractivity contribution is 0.0949. The van der Waals surface area contributed by atoms with Crippen LogP contribution >= 0.6 is 27.3 Å². The summed E-state index contributed by atoms with van der Waals surface area (Å²) in [5.74, 6) is -0.233. The largest absolute Gasteiger partial charge is 0.396 e. The number of nitrogen functional groups attached to an aromatic ring is 1. The molecule has 0 aromatic carbocycles. The number of rotatable bonds is 4. The molecule has 2 heterocycles. The van der Waals surface area contributed by atoms with Crippen LogP contribution in [0.3, 0.4) is 0 Å². The second-order valence-electron chi connectivity index (χ2n) is 3.82. The summed E-state index contributed by atoms with van der Waals surface area (Å²) < 4.78 is 2.62. The Labute approximate surface area is 117 Å². The van der Waals surface area contributed by atoms with E-state index in [2.05, 4.69) is 26.3 Å². The van der Waals surface area contributed by atoms with Gasteiger partial charge < -0.3 is 11.1 Å². The molecule has 0 aliphatic rings. The molecule has 1 amide bonds. The van der Waals surface area contributed by atoms with Crippen molar-refractivity contribution < 1.29 is 4.79 Å². The van der Waals surface area contributed by atoms with E-state index in [0.717, 1.165) is 10.2 Å². The Hall–Kier alpha value is -1.34. The minimum Gasteiger partial charge on any atom is -0.396 e. The van der Waals surface area contributed by atoms with Gasteiger partial charge in [-0.3, -0.25) is 9.48 Å². The Morgan fingerprint density at radius 1 is 1.61 bits per heavy atom. The summed E-state index contributed by atoms with van der Waals surface area (Å²) in [5, 5.41) is 6.82. The van der Waals surface area contributed by atoms with Gasteiger partial charge in [0.05, 0.1) is 9.47 Å². The molecule has 0 atom stereocenters. The number of carbonyl (C=O) groups is 1. The van der Waals surface area contributed by atoms with Gasteiger partial charge in [-0.15, -0.1) is 11.3 Å². The molecule has 0 spiro atoms. The van der Waals surface area contributed by atoms with Crippen LogP contribution in [-0.4, -0.2) is 22.2 Å². The van der Waals surface area contributed by atoms with Gasteiger partial charge in [0.25, 0.3) is 5.91 Å². The molecule has 0 unspecified atom stereocenters. The fourth-order valence-corrected chi connectivity index (χ4v) is 3.04. The Bertz CT molecular complexity index is 563. The number of hydrogen-bond acceptors (Lipinski definition) is 4. The maximum atomic E-state index is 11.8. The Kier molecular flexibility index (Phi) is 4.03. The quantitative estimate of drug-likeness (QED) is 0.898. The number of carbonyl (C=O) groups excluding carboxylic acids is 1. The van der Waals surface area contributed by atoms with E-state index >= 15 is 0 Å². The number of aryl methyl sites for hydroxylation is 1. The number of nitrogens with one attached hydrogen (secondary N) is 1. The molecule has 5 nitrogen and oxygen atoms in total. The molecule has 96 valence electrons. The molecule has 2 aromatic heterocycles. The summed E-state index contributed by atoms with van der Waals surface area (Å²) >= 11 is 5.07. The van der Waals surface area contributed by atoms with Gasteiger partial charge in [0, 0.05) is 24.7 Å². The van der Waals surface area contributed by atoms with Crippen molar-refractivity contribution in [2.45, 2.75) is 6.42 Å². The lowest BCUT2D eigenvalue weighted by Crippen LogP contribution is -2.26. The van der Waals surface area contributed by atoms with E-state index in [0.29, 0.717) is 12.2 Å². The lowest BCUT2D eigenvalue weighted by atomic mass is 10.3. The van der Waals surface area contributed by atoms with Crippen molar-refractivity contribution >= 4 is 38.9 Å². The average Bonchev–Trinajstić information content (AvgIpc) is 2.85. The van der Waals surface area contributed by atoms with Crippen molar-refractivity contribution in [3.05, 3.63) is 32.7 Å². The summed E-state index contributed by atoms with van der Waals surface area (Å²) in [6.45, 7) is 0.571. The first-order valence-electron chi connectivity index (χ1n) is 5.38. The van der Waals surface area contributed by atoms with Crippen molar-refractivity contribution in [1.82, 2.24) is 15.1 Å². The second-order valence-corrected chi connectivity index (χ2v) is 6.37. The smallest absolute Gasteiger partial charge is 0.273 e. The molecule has 18 heavy (non-hydrogen) atoms. The molecule has 0 aliphatic heterocycles. The molecular formula is C11H13BrN4OS. The van der Waals surface area contributed by atoms with Gasteiger partial charge in [0.15, 0.2) is 5.69 Å². The molecule has 0 radical (unpaired) electrons. The van der Waals surface area contributed by atoms with Crippen molar-refractivity contribution in [1.29, 1.82) is 0 Å². The van der Waals surface area contributed by atoms with Crippen molar-refractivity contribution in [3.8, 4) is 0 Å². The molecule has 0 fully saturated rings. The van der Waals surface area contributed by atoms with E-state index in [1.807, 2.05) is 12.1 Å². The summed E-state index contributed by atoms with van der Waals surface area (Å²) in [4.78, 5) is 13.0. The summed E-state index contributed by atoms with van der Waals surface area (Å²) in [7, 11) is 1.73. The minimum atomic E-state index is -0.233. The minimum absolute atomic E-state index is 0.233. The van der Waals surface area contributed by atoms with Crippen LogP contribution in [0.4, 0.5) is 5.69 Å². The highest BCUT2D eigenvalue weighted by molar-refractivity contribution is 9.11. The third-order valence-electron chi connectivity index (χ3n) is 2.36. The number of amides is 1. The zero-order chi connectivity index (χ0) is 13.1. The predicted octanol–water partition coefficient (Wildman–Crippen LogP) is 1.80. The Morgan fingerprint density at radius 3 is 2.94 bits per heavy atom. The molecule has 7 heteroatoms. The third-order valence-corrected chi connectivity index (χ3v) is 4.04. The van der Waals surface area contributed by atoms with Gasteiger partial charge in [-0.2, -0.15) is 5.10 Å². The number of aromatic nitrogens is 2. The van der Waals surface area contributed by atoms with Gasteiger partial charge in [-0.1, -0.05) is 0 Å². The van der Waals surface area contributed by atoms with E-state index in [1.165, 1.54) is 9.56 Å². The second kappa shape index (κ2) is 5.53. The van der Waals surface area contributed by atoms with E-state index < -0.39 is 0 Å². The SMILES string of the molecule is Cn1cc(N)c(C(=O)NCCc2ccc(Br)s2)n1. The number of nitrogens with zero attached hydrogens (tertiary/aromatic N) is 2. The van der Waals surface area contributed by atoms with Gasteiger partial charge >= 0.3 is 0 Å². The molecule has 2 rings (SSSR count). The van der Waals surface area contributed by atoms with Crippen LogP contribution < -0.4 is 11.1 Å². The standard InChI is InChI=1S/C11H13BrN4OS/c1-16-6-8(13)10(15-16)11(17)14-5-4-7-2-3-9(12)18-7/h2-3,6H,4-5,13H2,1H3,(H,14,17). The first-order valence-corrected chi connectivity index (χ1v) is 6.99. The van der Waals surface area contributed by atoms with E-state index in [1.54, 1.807) is 24.6 Å². The normalized spacial score (nSPS) is 10.6. The molecule has 0 saturated heterocycles. The van der Waals surface area contributed by atoms with Crippen LogP contribution in [0.2, 0.25) is 0 Å². The fraction of sp³-hybridized carbons (Fsp3) is 0.273. The van der Waals surface area contributed by atoms with E-state index in [-0.39, 0.29) is 11.6 Å². The summed E-state index contributed by atoms with van der Waals surface area (Å²) in [5.41, 5.74) is 6.36. The van der Waals surface area contributed by atoms with Crippen LogP contribution in [0.15, 0.2) is 22.1 Å². The predicted molar refractivity (Wildman–Crippen MR) is 75.7 cm³/mol. The van der Waals surface area contributed by atoms with Gasteiger partial charge in [-0.05, 0) is 34.5 Å². The fourth-order valence-electron chi connectivity index (χ4n) is 1.55. The first kappa shape index (κ1) is 13.1. The summed E-state index contributed by atoms with van der Waals surface area (Å²) in [6.07, 6.45) is 2.42.